The predicted octanol–water partition coefficient (Wildman–Crippen LogP) is 1.18. The van der Waals surface area contributed by atoms with E-state index in [0.717, 1.165) is 31.2 Å². The number of hydrogen-bond donors (Lipinski definition) is 2. The molecule has 1 aliphatic rings. The van der Waals surface area contributed by atoms with Gasteiger partial charge in [-0.15, -0.1) is 0 Å². The van der Waals surface area contributed by atoms with Crippen LogP contribution in [0.25, 0.3) is 0 Å². The van der Waals surface area contributed by atoms with E-state index in [1.807, 2.05) is 0 Å². The standard InChI is InChI=1S/C10H18N4/c1-7(2)8-12-9(14-13-8)10(3)4-5-11-6-10/h7,11H,4-6H2,1-3H3,(H,12,13,14). The molecule has 0 aliphatic carbocycles. The summed E-state index contributed by atoms with van der Waals surface area (Å²) in [6, 6.07) is 0. The van der Waals surface area contributed by atoms with E-state index in [0.29, 0.717) is 5.92 Å². The molecule has 0 bridgehead atoms. The van der Waals surface area contributed by atoms with Crippen molar-refractivity contribution in [3.63, 3.8) is 0 Å². The van der Waals surface area contributed by atoms with Crippen LogP contribution < -0.4 is 5.32 Å². The van der Waals surface area contributed by atoms with Crippen molar-refractivity contribution in [3.05, 3.63) is 11.6 Å². The first kappa shape index (κ1) is 9.65. The first-order valence-electron chi connectivity index (χ1n) is 5.25. The average molecular weight is 194 g/mol. The Bertz CT molecular complexity index is 310. The van der Waals surface area contributed by atoms with Crippen LogP contribution in [0.1, 0.15) is 44.8 Å². The summed E-state index contributed by atoms with van der Waals surface area (Å²) in [6.07, 6.45) is 1.13. The molecule has 14 heavy (non-hydrogen) atoms. The highest BCUT2D eigenvalue weighted by Crippen LogP contribution is 2.27. The summed E-state index contributed by atoms with van der Waals surface area (Å²) in [6.45, 7) is 8.53. The average Bonchev–Trinajstić information content (AvgIpc) is 2.71. The maximum atomic E-state index is 4.56. The smallest absolute Gasteiger partial charge is 0.157 e. The second-order valence-electron chi connectivity index (χ2n) is 4.69. The van der Waals surface area contributed by atoms with E-state index >= 15 is 0 Å². The molecule has 0 radical (unpaired) electrons. The summed E-state index contributed by atoms with van der Waals surface area (Å²) < 4.78 is 0. The lowest BCUT2D eigenvalue weighted by molar-refractivity contribution is 0.490. The van der Waals surface area contributed by atoms with Crippen molar-refractivity contribution in [1.29, 1.82) is 0 Å². The van der Waals surface area contributed by atoms with Crippen molar-refractivity contribution < 1.29 is 0 Å². The molecule has 0 aromatic carbocycles. The highest BCUT2D eigenvalue weighted by molar-refractivity contribution is 5.11. The fourth-order valence-corrected chi connectivity index (χ4v) is 1.81. The number of aromatic nitrogens is 3. The molecule has 0 saturated carbocycles. The number of H-pyrrole nitrogens is 1. The summed E-state index contributed by atoms with van der Waals surface area (Å²) in [5.74, 6) is 2.38. The van der Waals surface area contributed by atoms with E-state index in [9.17, 15) is 0 Å². The maximum Gasteiger partial charge on any atom is 0.157 e. The zero-order valence-electron chi connectivity index (χ0n) is 9.09. The minimum absolute atomic E-state index is 0.129. The van der Waals surface area contributed by atoms with Gasteiger partial charge in [-0.3, -0.25) is 5.10 Å². The molecule has 0 amide bonds. The molecule has 1 atom stereocenters. The molecule has 2 heterocycles. The van der Waals surface area contributed by atoms with Crippen LogP contribution in [0.2, 0.25) is 0 Å². The van der Waals surface area contributed by atoms with Crippen molar-refractivity contribution in [3.8, 4) is 0 Å². The van der Waals surface area contributed by atoms with Gasteiger partial charge in [-0.25, -0.2) is 4.98 Å². The monoisotopic (exact) mass is 194 g/mol. The molecule has 78 valence electrons. The molecule has 1 aromatic heterocycles. The van der Waals surface area contributed by atoms with Crippen LogP contribution in [-0.2, 0) is 5.41 Å². The van der Waals surface area contributed by atoms with Gasteiger partial charge in [0.2, 0.25) is 0 Å². The zero-order valence-corrected chi connectivity index (χ0v) is 9.09. The van der Waals surface area contributed by atoms with Crippen LogP contribution in [0.5, 0.6) is 0 Å². The molecule has 1 saturated heterocycles. The number of aromatic amines is 1. The third-order valence-electron chi connectivity index (χ3n) is 2.96. The molecule has 2 N–H and O–H groups in total. The second kappa shape index (κ2) is 3.35. The van der Waals surface area contributed by atoms with Crippen molar-refractivity contribution in [2.24, 2.45) is 0 Å². The maximum absolute atomic E-state index is 4.56. The van der Waals surface area contributed by atoms with Crippen LogP contribution in [0.3, 0.4) is 0 Å². The minimum Gasteiger partial charge on any atom is -0.316 e. The highest BCUT2D eigenvalue weighted by atomic mass is 15.2. The Kier molecular flexibility index (Phi) is 2.31. The van der Waals surface area contributed by atoms with Crippen LogP contribution in [0.15, 0.2) is 0 Å². The lowest BCUT2D eigenvalue weighted by Crippen LogP contribution is -2.26. The Balaban J connectivity index is 2.23. The fourth-order valence-electron chi connectivity index (χ4n) is 1.81. The van der Waals surface area contributed by atoms with Crippen molar-refractivity contribution >= 4 is 0 Å². The first-order valence-corrected chi connectivity index (χ1v) is 5.25. The van der Waals surface area contributed by atoms with Gasteiger partial charge in [-0.1, -0.05) is 20.8 Å². The van der Waals surface area contributed by atoms with Gasteiger partial charge in [-0.05, 0) is 13.0 Å². The van der Waals surface area contributed by atoms with Gasteiger partial charge in [0.1, 0.15) is 5.82 Å². The largest absolute Gasteiger partial charge is 0.316 e. The van der Waals surface area contributed by atoms with Gasteiger partial charge >= 0.3 is 0 Å². The Morgan fingerprint density at radius 3 is 2.71 bits per heavy atom. The second-order valence-corrected chi connectivity index (χ2v) is 4.69. The topological polar surface area (TPSA) is 53.6 Å². The quantitative estimate of drug-likeness (QED) is 0.743. The van der Waals surface area contributed by atoms with Gasteiger partial charge in [-0.2, -0.15) is 5.10 Å². The van der Waals surface area contributed by atoms with Crippen LogP contribution in [0.4, 0.5) is 0 Å². The number of hydrogen-bond acceptors (Lipinski definition) is 3. The van der Waals surface area contributed by atoms with Crippen molar-refractivity contribution in [2.75, 3.05) is 13.1 Å². The third-order valence-corrected chi connectivity index (χ3v) is 2.96. The molecule has 0 spiro atoms. The number of rotatable bonds is 2. The van der Waals surface area contributed by atoms with Crippen molar-refractivity contribution in [1.82, 2.24) is 20.5 Å². The first-order chi connectivity index (χ1) is 6.62. The zero-order chi connectivity index (χ0) is 10.2. The molecule has 1 fully saturated rings. The molecule has 4 nitrogen and oxygen atoms in total. The Hall–Kier alpha value is -0.900. The van der Waals surface area contributed by atoms with Gasteiger partial charge < -0.3 is 5.32 Å². The summed E-state index contributed by atoms with van der Waals surface area (Å²) in [5.41, 5.74) is 0.129. The molecular weight excluding hydrogens is 176 g/mol. The van der Waals surface area contributed by atoms with E-state index in [1.54, 1.807) is 0 Å². The Morgan fingerprint density at radius 1 is 1.43 bits per heavy atom. The number of nitrogens with one attached hydrogen (secondary N) is 2. The molecule has 4 heteroatoms. The van der Waals surface area contributed by atoms with E-state index < -0.39 is 0 Å². The highest BCUT2D eigenvalue weighted by Gasteiger charge is 2.34. The summed E-state index contributed by atoms with van der Waals surface area (Å²) in [7, 11) is 0. The summed E-state index contributed by atoms with van der Waals surface area (Å²) in [4.78, 5) is 4.56. The Morgan fingerprint density at radius 2 is 2.21 bits per heavy atom. The number of nitrogens with zero attached hydrogens (tertiary/aromatic N) is 2. The van der Waals surface area contributed by atoms with E-state index in [-0.39, 0.29) is 5.41 Å². The van der Waals surface area contributed by atoms with Crippen LogP contribution in [0, 0.1) is 0 Å². The normalized spacial score (nSPS) is 27.4. The fraction of sp³-hybridized carbons (Fsp3) is 0.800. The van der Waals surface area contributed by atoms with Gasteiger partial charge in [0.05, 0.1) is 0 Å². The van der Waals surface area contributed by atoms with E-state index in [1.165, 1.54) is 0 Å². The SMILES string of the molecule is CC(C)c1nc(C2(C)CCNC2)n[nH]1. The molecule has 1 aliphatic heterocycles. The third kappa shape index (κ3) is 1.54. The molecule has 1 unspecified atom stereocenters. The summed E-state index contributed by atoms with van der Waals surface area (Å²) in [5, 5.41) is 10.7. The van der Waals surface area contributed by atoms with Crippen molar-refractivity contribution in [2.45, 2.75) is 38.5 Å². The molecular formula is C10H18N4. The predicted molar refractivity (Wildman–Crippen MR) is 55.3 cm³/mol. The molecule has 1 aromatic rings. The van der Waals surface area contributed by atoms with E-state index in [4.69, 9.17) is 0 Å². The van der Waals surface area contributed by atoms with E-state index in [2.05, 4.69) is 41.3 Å². The van der Waals surface area contributed by atoms with Crippen LogP contribution >= 0.6 is 0 Å². The lowest BCUT2D eigenvalue weighted by Gasteiger charge is -2.17. The summed E-state index contributed by atoms with van der Waals surface area (Å²) >= 11 is 0. The van der Waals surface area contributed by atoms with Gasteiger partial charge in [0.25, 0.3) is 0 Å². The van der Waals surface area contributed by atoms with Crippen LogP contribution in [-0.4, -0.2) is 28.3 Å². The minimum atomic E-state index is 0.129. The Labute approximate surface area is 84.5 Å². The van der Waals surface area contributed by atoms with Gasteiger partial charge in [0.15, 0.2) is 5.82 Å². The van der Waals surface area contributed by atoms with Gasteiger partial charge in [0, 0.05) is 17.9 Å². The molecule has 2 rings (SSSR count). The lowest BCUT2D eigenvalue weighted by atomic mass is 9.89.